The third kappa shape index (κ3) is 4.66. The van der Waals surface area contributed by atoms with Crippen LogP contribution in [0.4, 0.5) is 17.1 Å². The first-order chi connectivity index (χ1) is 16.2. The number of nitrogens with one attached hydrogen (secondary N) is 1. The highest BCUT2D eigenvalue weighted by Gasteiger charge is 2.31. The van der Waals surface area contributed by atoms with Crippen molar-refractivity contribution >= 4 is 23.0 Å². The molecule has 3 aromatic carbocycles. The first-order valence-electron chi connectivity index (χ1n) is 11.7. The Bertz CT molecular complexity index is 1080. The zero-order valence-electron chi connectivity index (χ0n) is 18.9. The van der Waals surface area contributed by atoms with E-state index in [0.717, 1.165) is 68.2 Å². The van der Waals surface area contributed by atoms with Crippen LogP contribution in [0.1, 0.15) is 28.5 Å². The number of nitrogens with two attached hydrogens (primary N) is 1. The molecule has 0 bridgehead atoms. The van der Waals surface area contributed by atoms with E-state index in [1.54, 1.807) is 0 Å². The number of amides is 1. The van der Waals surface area contributed by atoms with Gasteiger partial charge >= 0.3 is 0 Å². The van der Waals surface area contributed by atoms with Crippen LogP contribution in [0.25, 0.3) is 0 Å². The molecule has 3 aromatic rings. The van der Waals surface area contributed by atoms with Crippen molar-refractivity contribution in [2.24, 2.45) is 0 Å². The molecule has 0 spiro atoms. The maximum Gasteiger partial charge on any atom is 0.255 e. The largest absolute Gasteiger partial charge is 0.399 e. The number of hydrogen-bond donors (Lipinski definition) is 2. The summed E-state index contributed by atoms with van der Waals surface area (Å²) in [5, 5.41) is 3.21. The van der Waals surface area contributed by atoms with Gasteiger partial charge in [-0.3, -0.25) is 9.69 Å². The number of nitrogens with zero attached hydrogens (tertiary/aromatic N) is 3. The van der Waals surface area contributed by atoms with Crippen LogP contribution in [0.2, 0.25) is 0 Å². The summed E-state index contributed by atoms with van der Waals surface area (Å²) < 4.78 is 0. The Kier molecular flexibility index (Phi) is 6.17. The fourth-order valence-corrected chi connectivity index (χ4v) is 4.86. The molecular formula is C27H31N5O. The highest BCUT2D eigenvalue weighted by atomic mass is 16.2. The zero-order valence-corrected chi connectivity index (χ0v) is 18.9. The molecule has 1 saturated heterocycles. The van der Waals surface area contributed by atoms with E-state index in [1.807, 2.05) is 48.5 Å². The molecule has 170 valence electrons. The third-order valence-corrected chi connectivity index (χ3v) is 6.66. The van der Waals surface area contributed by atoms with Gasteiger partial charge in [0.05, 0.1) is 11.3 Å². The highest BCUT2D eigenvalue weighted by Crippen LogP contribution is 2.33. The van der Waals surface area contributed by atoms with Gasteiger partial charge in [0, 0.05) is 44.1 Å². The molecule has 1 atom stereocenters. The van der Waals surface area contributed by atoms with Crippen molar-refractivity contribution in [3.05, 3.63) is 90.0 Å². The summed E-state index contributed by atoms with van der Waals surface area (Å²) in [6.45, 7) is 6.09. The molecule has 1 unspecified atom stereocenters. The Morgan fingerprint density at radius 1 is 0.818 bits per heavy atom. The molecule has 1 fully saturated rings. The normalized spacial score (nSPS) is 18.7. The minimum atomic E-state index is -0.143. The molecule has 0 saturated carbocycles. The van der Waals surface area contributed by atoms with Gasteiger partial charge in [-0.25, -0.2) is 0 Å². The molecule has 6 heteroatoms. The van der Waals surface area contributed by atoms with Crippen LogP contribution in [-0.2, 0) is 0 Å². The monoisotopic (exact) mass is 441 g/mol. The summed E-state index contributed by atoms with van der Waals surface area (Å²) in [6.07, 6.45) is 0.894. The number of carbonyl (C=O) groups excluding carboxylic acids is 1. The van der Waals surface area contributed by atoms with E-state index in [1.165, 1.54) is 5.69 Å². The van der Waals surface area contributed by atoms with Crippen molar-refractivity contribution in [2.45, 2.75) is 12.6 Å². The molecule has 0 aliphatic carbocycles. The molecule has 33 heavy (non-hydrogen) atoms. The first kappa shape index (κ1) is 21.3. The fraction of sp³-hybridized carbons (Fsp3) is 0.296. The van der Waals surface area contributed by atoms with Gasteiger partial charge < -0.3 is 20.9 Å². The minimum absolute atomic E-state index is 0.00510. The predicted octanol–water partition coefficient (Wildman–Crippen LogP) is 3.73. The standard InChI is InChI=1S/C27H31N5O/c28-22-11-13-23(14-12-22)31-19-17-30(18-20-31)15-6-16-32-25-10-5-4-9-24(25)27(33)29-26(32)21-7-2-1-3-8-21/h1-5,7-14,26H,6,15-20,28H2,(H,29,33). The van der Waals surface area contributed by atoms with Crippen LogP contribution in [0.5, 0.6) is 0 Å². The number of anilines is 3. The van der Waals surface area contributed by atoms with Crippen molar-refractivity contribution in [2.75, 3.05) is 54.8 Å². The summed E-state index contributed by atoms with van der Waals surface area (Å²) >= 11 is 0. The molecule has 0 radical (unpaired) electrons. The number of benzene rings is 3. The van der Waals surface area contributed by atoms with Crippen LogP contribution in [0, 0.1) is 0 Å². The summed E-state index contributed by atoms with van der Waals surface area (Å²) in [6, 6.07) is 26.3. The van der Waals surface area contributed by atoms with Crippen molar-refractivity contribution < 1.29 is 4.79 Å². The van der Waals surface area contributed by atoms with E-state index in [0.29, 0.717) is 0 Å². The number of piperazine rings is 1. The molecule has 3 N–H and O–H groups in total. The molecule has 1 amide bonds. The van der Waals surface area contributed by atoms with Gasteiger partial charge in [-0.05, 0) is 54.9 Å². The summed E-state index contributed by atoms with van der Waals surface area (Å²) in [7, 11) is 0. The van der Waals surface area contributed by atoms with E-state index in [2.05, 4.69) is 50.3 Å². The maximum atomic E-state index is 12.7. The van der Waals surface area contributed by atoms with Gasteiger partial charge in [-0.15, -0.1) is 0 Å². The van der Waals surface area contributed by atoms with Gasteiger partial charge in [-0.1, -0.05) is 42.5 Å². The van der Waals surface area contributed by atoms with Gasteiger partial charge in [0.15, 0.2) is 0 Å². The van der Waals surface area contributed by atoms with Crippen molar-refractivity contribution in [1.29, 1.82) is 0 Å². The van der Waals surface area contributed by atoms with E-state index >= 15 is 0 Å². The Balaban J connectivity index is 1.22. The van der Waals surface area contributed by atoms with E-state index in [-0.39, 0.29) is 12.1 Å². The van der Waals surface area contributed by atoms with Crippen LogP contribution in [0.15, 0.2) is 78.9 Å². The molecule has 2 heterocycles. The average molecular weight is 442 g/mol. The molecule has 6 nitrogen and oxygen atoms in total. The third-order valence-electron chi connectivity index (χ3n) is 6.66. The number of hydrogen-bond acceptors (Lipinski definition) is 5. The van der Waals surface area contributed by atoms with Crippen LogP contribution in [-0.4, -0.2) is 50.1 Å². The Morgan fingerprint density at radius 3 is 2.27 bits per heavy atom. The lowest BCUT2D eigenvalue weighted by molar-refractivity contribution is 0.0926. The summed E-state index contributed by atoms with van der Waals surface area (Å²) in [5.41, 5.74) is 10.8. The second kappa shape index (κ2) is 9.55. The number of carbonyl (C=O) groups is 1. The van der Waals surface area contributed by atoms with Crippen LogP contribution in [0.3, 0.4) is 0 Å². The lowest BCUT2D eigenvalue weighted by Gasteiger charge is -2.40. The average Bonchev–Trinajstić information content (AvgIpc) is 2.87. The fourth-order valence-electron chi connectivity index (χ4n) is 4.86. The molecule has 2 aliphatic rings. The Morgan fingerprint density at radius 2 is 1.52 bits per heavy atom. The topological polar surface area (TPSA) is 64.8 Å². The number of para-hydroxylation sites is 1. The van der Waals surface area contributed by atoms with E-state index in [9.17, 15) is 4.79 Å². The van der Waals surface area contributed by atoms with E-state index < -0.39 is 0 Å². The molecule has 2 aliphatic heterocycles. The van der Waals surface area contributed by atoms with Gasteiger partial charge in [0.1, 0.15) is 6.17 Å². The highest BCUT2D eigenvalue weighted by molar-refractivity contribution is 6.02. The minimum Gasteiger partial charge on any atom is -0.399 e. The summed E-state index contributed by atoms with van der Waals surface area (Å²) in [4.78, 5) is 20.1. The SMILES string of the molecule is Nc1ccc(N2CCN(CCCN3c4ccccc4C(=O)NC3c3ccccc3)CC2)cc1. The second-order valence-electron chi connectivity index (χ2n) is 8.77. The van der Waals surface area contributed by atoms with E-state index in [4.69, 9.17) is 5.73 Å². The Hall–Kier alpha value is -3.51. The van der Waals surface area contributed by atoms with Crippen LogP contribution < -0.4 is 20.9 Å². The quantitative estimate of drug-likeness (QED) is 0.571. The Labute approximate surface area is 195 Å². The zero-order chi connectivity index (χ0) is 22.6. The van der Waals surface area contributed by atoms with Crippen molar-refractivity contribution in [3.8, 4) is 0 Å². The predicted molar refractivity (Wildman–Crippen MR) is 135 cm³/mol. The van der Waals surface area contributed by atoms with Gasteiger partial charge in [-0.2, -0.15) is 0 Å². The van der Waals surface area contributed by atoms with Crippen molar-refractivity contribution in [3.63, 3.8) is 0 Å². The van der Waals surface area contributed by atoms with Crippen LogP contribution >= 0.6 is 0 Å². The number of nitrogen functional groups attached to an aromatic ring is 1. The first-order valence-corrected chi connectivity index (χ1v) is 11.7. The molecular weight excluding hydrogens is 410 g/mol. The van der Waals surface area contributed by atoms with Crippen molar-refractivity contribution in [1.82, 2.24) is 10.2 Å². The molecule has 5 rings (SSSR count). The number of fused-ring (bicyclic) bond motifs is 1. The van der Waals surface area contributed by atoms with Gasteiger partial charge in [0.2, 0.25) is 0 Å². The number of rotatable bonds is 6. The smallest absolute Gasteiger partial charge is 0.255 e. The lowest BCUT2D eigenvalue weighted by atomic mass is 10.0. The second-order valence-corrected chi connectivity index (χ2v) is 8.77. The summed E-state index contributed by atoms with van der Waals surface area (Å²) in [5.74, 6) is -0.00510. The lowest BCUT2D eigenvalue weighted by Crippen LogP contribution is -2.49. The van der Waals surface area contributed by atoms with Gasteiger partial charge in [0.25, 0.3) is 5.91 Å². The maximum absolute atomic E-state index is 12.7. The molecule has 0 aromatic heterocycles.